The summed E-state index contributed by atoms with van der Waals surface area (Å²) >= 11 is 0. The van der Waals surface area contributed by atoms with Gasteiger partial charge in [0, 0.05) is 37.7 Å². The van der Waals surface area contributed by atoms with E-state index in [1.54, 1.807) is 0 Å². The Bertz CT molecular complexity index is 1090. The summed E-state index contributed by atoms with van der Waals surface area (Å²) in [7, 11) is -2.13. The van der Waals surface area contributed by atoms with Crippen LogP contribution in [-0.2, 0) is 34.6 Å². The Hall–Kier alpha value is -1.71. The molecule has 7 nitrogen and oxygen atoms in total. The summed E-state index contributed by atoms with van der Waals surface area (Å²) in [6.45, 7) is 15.6. The standard InChI is InChI=1S/C39H64O7Si/c1-7-8-9-10-18-30-19-11-12-20-32(30)41-28-17-21-33(44-36-22-13-15-26-42-36)38-31(24-25-40)34(46-47(5,6)39(2,3)4)29-35(38)45-37-23-14-16-27-43-37/h11-12,19-21,25,31,34-38H,7-10,13-18,22-24,26-29H2,1-6H3/b33-21+/t31-,34?,35+,36?,37?,38+/m1/s1. The van der Waals surface area contributed by atoms with E-state index in [1.165, 1.54) is 31.2 Å². The Labute approximate surface area is 286 Å². The molecule has 47 heavy (non-hydrogen) atoms. The molecule has 1 aromatic rings. The van der Waals surface area contributed by atoms with Crippen LogP contribution in [0.3, 0.4) is 0 Å². The molecule has 1 aliphatic carbocycles. The average molecular weight is 673 g/mol. The van der Waals surface area contributed by atoms with Gasteiger partial charge in [0.2, 0.25) is 0 Å². The minimum absolute atomic E-state index is 0.0500. The van der Waals surface area contributed by atoms with Gasteiger partial charge in [-0.2, -0.15) is 0 Å². The van der Waals surface area contributed by atoms with Gasteiger partial charge in [-0.05, 0) is 87.2 Å². The lowest BCUT2D eigenvalue weighted by molar-refractivity contribution is -0.201. The topological polar surface area (TPSA) is 72.5 Å². The van der Waals surface area contributed by atoms with Crippen molar-refractivity contribution in [2.45, 2.75) is 161 Å². The molecule has 8 heteroatoms. The van der Waals surface area contributed by atoms with Gasteiger partial charge in [-0.25, -0.2) is 0 Å². The molecule has 0 radical (unpaired) electrons. The highest BCUT2D eigenvalue weighted by Crippen LogP contribution is 2.48. The van der Waals surface area contributed by atoms with Crippen LogP contribution < -0.4 is 4.74 Å². The lowest BCUT2D eigenvalue weighted by Crippen LogP contribution is -2.45. The molecule has 2 aliphatic heterocycles. The lowest BCUT2D eigenvalue weighted by Gasteiger charge is -2.40. The summed E-state index contributed by atoms with van der Waals surface area (Å²) in [5.74, 6) is 1.61. The maximum absolute atomic E-state index is 12.3. The van der Waals surface area contributed by atoms with Crippen molar-refractivity contribution in [2.75, 3.05) is 19.8 Å². The van der Waals surface area contributed by atoms with E-state index in [2.05, 4.69) is 71.1 Å². The zero-order valence-corrected chi connectivity index (χ0v) is 31.3. The van der Waals surface area contributed by atoms with Crippen LogP contribution in [0.1, 0.15) is 117 Å². The van der Waals surface area contributed by atoms with E-state index in [0.717, 1.165) is 69.3 Å². The predicted octanol–water partition coefficient (Wildman–Crippen LogP) is 9.53. The van der Waals surface area contributed by atoms with Crippen molar-refractivity contribution in [3.8, 4) is 5.75 Å². The minimum atomic E-state index is -2.13. The summed E-state index contributed by atoms with van der Waals surface area (Å²) in [6.07, 6.45) is 16.2. The molecular formula is C39H64O7Si. The second kappa shape index (κ2) is 18.9. The SMILES string of the molecule is CCCCCCc1ccccc1OCC/C=C(/OC1CCCCO1)[C@H]1[C@@H](OC2CCCCO2)CC(O[Si](C)(C)C(C)(C)C)[C@H]1CC=O. The Morgan fingerprint density at radius 3 is 2.34 bits per heavy atom. The Kier molecular flexibility index (Phi) is 15.3. The summed E-state index contributed by atoms with van der Waals surface area (Å²) in [4.78, 5) is 12.3. The van der Waals surface area contributed by atoms with Crippen molar-refractivity contribution in [3.63, 3.8) is 0 Å². The molecule has 4 rings (SSSR count). The van der Waals surface area contributed by atoms with E-state index in [4.69, 9.17) is 28.1 Å². The summed E-state index contributed by atoms with van der Waals surface area (Å²) in [5.41, 5.74) is 1.27. The van der Waals surface area contributed by atoms with Crippen LogP contribution in [0, 0.1) is 11.8 Å². The molecule has 3 aliphatic rings. The third kappa shape index (κ3) is 11.4. The van der Waals surface area contributed by atoms with E-state index < -0.39 is 8.32 Å². The highest BCUT2D eigenvalue weighted by Gasteiger charge is 2.51. The molecule has 0 bridgehead atoms. The fraction of sp³-hybridized carbons (Fsp3) is 0.769. The number of carbonyl (C=O) groups is 1. The third-order valence-corrected chi connectivity index (χ3v) is 15.1. The molecular weight excluding hydrogens is 609 g/mol. The normalized spacial score (nSPS) is 27.5. The predicted molar refractivity (Wildman–Crippen MR) is 190 cm³/mol. The first kappa shape index (κ1) is 38.1. The smallest absolute Gasteiger partial charge is 0.199 e. The highest BCUT2D eigenvalue weighted by atomic mass is 28.4. The van der Waals surface area contributed by atoms with Gasteiger partial charge in [-0.15, -0.1) is 0 Å². The monoisotopic (exact) mass is 672 g/mol. The number of rotatable bonds is 18. The van der Waals surface area contributed by atoms with E-state index in [1.807, 2.05) is 0 Å². The van der Waals surface area contributed by atoms with Crippen LogP contribution in [0.15, 0.2) is 36.1 Å². The Morgan fingerprint density at radius 1 is 0.957 bits per heavy atom. The van der Waals surface area contributed by atoms with Gasteiger partial charge < -0.3 is 32.9 Å². The van der Waals surface area contributed by atoms with E-state index >= 15 is 0 Å². The van der Waals surface area contributed by atoms with Crippen molar-refractivity contribution < 1.29 is 32.9 Å². The largest absolute Gasteiger partial charge is 0.493 e. The van der Waals surface area contributed by atoms with E-state index in [-0.39, 0.29) is 41.7 Å². The number of hydrogen-bond acceptors (Lipinski definition) is 7. The molecule has 266 valence electrons. The van der Waals surface area contributed by atoms with Crippen molar-refractivity contribution in [1.82, 2.24) is 0 Å². The minimum Gasteiger partial charge on any atom is -0.493 e. The van der Waals surface area contributed by atoms with Gasteiger partial charge in [0.05, 0.1) is 25.4 Å². The first-order chi connectivity index (χ1) is 22.6. The second-order valence-corrected chi connectivity index (χ2v) is 20.0. The van der Waals surface area contributed by atoms with E-state index in [9.17, 15) is 4.79 Å². The van der Waals surface area contributed by atoms with Crippen molar-refractivity contribution >= 4 is 14.6 Å². The number of ether oxygens (including phenoxy) is 5. The maximum atomic E-state index is 12.3. The number of aryl methyl sites for hydroxylation is 1. The number of hydrogen-bond donors (Lipinski definition) is 0. The fourth-order valence-electron chi connectivity index (χ4n) is 6.89. The third-order valence-electron chi connectivity index (χ3n) is 10.6. The lowest BCUT2D eigenvalue weighted by atomic mass is 9.88. The van der Waals surface area contributed by atoms with Gasteiger partial charge in [-0.3, -0.25) is 0 Å². The van der Waals surface area contributed by atoms with Crippen LogP contribution in [0.5, 0.6) is 5.75 Å². The van der Waals surface area contributed by atoms with Gasteiger partial charge in [0.15, 0.2) is 20.9 Å². The zero-order valence-electron chi connectivity index (χ0n) is 30.3. The number of unbranched alkanes of at least 4 members (excludes halogenated alkanes) is 3. The molecule has 0 amide bonds. The molecule has 0 N–H and O–H groups in total. The number of carbonyl (C=O) groups excluding carboxylic acids is 1. The first-order valence-corrected chi connectivity index (χ1v) is 21.6. The molecule has 2 saturated heterocycles. The second-order valence-electron chi connectivity index (χ2n) is 15.3. The quantitative estimate of drug-likeness (QED) is 0.0666. The van der Waals surface area contributed by atoms with Crippen molar-refractivity contribution in [1.29, 1.82) is 0 Å². The van der Waals surface area contributed by atoms with Crippen LogP contribution in [0.2, 0.25) is 18.1 Å². The molecule has 3 unspecified atom stereocenters. The zero-order chi connectivity index (χ0) is 33.7. The number of aldehydes is 1. The van der Waals surface area contributed by atoms with Crippen LogP contribution >= 0.6 is 0 Å². The molecule has 1 saturated carbocycles. The Balaban J connectivity index is 1.58. The first-order valence-electron chi connectivity index (χ1n) is 18.7. The van der Waals surface area contributed by atoms with Gasteiger partial charge in [0.25, 0.3) is 0 Å². The molecule has 0 aromatic heterocycles. The molecule has 3 fully saturated rings. The Morgan fingerprint density at radius 2 is 1.68 bits per heavy atom. The number of para-hydroxylation sites is 1. The van der Waals surface area contributed by atoms with Gasteiger partial charge in [0.1, 0.15) is 17.8 Å². The maximum Gasteiger partial charge on any atom is 0.199 e. The van der Waals surface area contributed by atoms with Crippen molar-refractivity contribution in [2.24, 2.45) is 11.8 Å². The van der Waals surface area contributed by atoms with Gasteiger partial charge in [-0.1, -0.05) is 65.2 Å². The van der Waals surface area contributed by atoms with Crippen molar-refractivity contribution in [3.05, 3.63) is 41.7 Å². The average Bonchev–Trinajstić information content (AvgIpc) is 3.37. The summed E-state index contributed by atoms with van der Waals surface area (Å²) in [5, 5.41) is 0.0500. The van der Waals surface area contributed by atoms with Crippen LogP contribution in [0.25, 0.3) is 0 Å². The van der Waals surface area contributed by atoms with Crippen LogP contribution in [-0.4, -0.2) is 59.2 Å². The summed E-state index contributed by atoms with van der Waals surface area (Å²) < 4.78 is 39.2. The fourth-order valence-corrected chi connectivity index (χ4v) is 8.27. The highest BCUT2D eigenvalue weighted by molar-refractivity contribution is 6.74. The molecule has 1 aromatic carbocycles. The molecule has 6 atom stereocenters. The van der Waals surface area contributed by atoms with E-state index in [0.29, 0.717) is 32.5 Å². The van der Waals surface area contributed by atoms with Crippen LogP contribution in [0.4, 0.5) is 0 Å². The number of benzene rings is 1. The molecule has 2 heterocycles. The van der Waals surface area contributed by atoms with Gasteiger partial charge >= 0.3 is 0 Å². The summed E-state index contributed by atoms with van der Waals surface area (Å²) in [6, 6.07) is 8.42. The molecule has 0 spiro atoms.